The highest BCUT2D eigenvalue weighted by atomic mass is 32.2. The summed E-state index contributed by atoms with van der Waals surface area (Å²) in [5.74, 6) is -2.32. The topological polar surface area (TPSA) is 99.2 Å². The molecule has 4 rings (SSSR count). The number of carbonyl (C=O) groups is 1. The first kappa shape index (κ1) is 32.9. The van der Waals surface area contributed by atoms with E-state index in [1.54, 1.807) is 42.5 Å². The molecule has 1 heterocycles. The van der Waals surface area contributed by atoms with E-state index in [2.05, 4.69) is 25.0 Å². The van der Waals surface area contributed by atoms with Crippen molar-refractivity contribution < 1.29 is 36.2 Å². The Kier molecular flexibility index (Phi) is 9.99. The fourth-order valence-corrected chi connectivity index (χ4v) is 7.17. The fourth-order valence-electron chi connectivity index (χ4n) is 4.66. The standard InChI is InChI=1S/C31H36F3N3O5SSi/c1-44(2,3)17-16-36-29(38)21-37(43(36,40)41)27-15-14-25(20-28(27)42-22-24-12-8-5-9-13-24)19-26(35-30(39)31(32,33)34)18-23-10-6-4-7-11-23/h4-15,20-21,26,38H,16-19,22H2,1-3H3,(H,35,39). The Bertz CT molecular complexity index is 1580. The summed E-state index contributed by atoms with van der Waals surface area (Å²) in [6.45, 7) is 6.51. The normalized spacial score (nSPS) is 15.5. The van der Waals surface area contributed by atoms with Crippen molar-refractivity contribution in [3.05, 3.63) is 108 Å². The monoisotopic (exact) mass is 647 g/mol. The first-order valence-corrected chi connectivity index (χ1v) is 19.2. The van der Waals surface area contributed by atoms with Gasteiger partial charge in [0.2, 0.25) is 5.88 Å². The van der Waals surface area contributed by atoms with Gasteiger partial charge in [-0.3, -0.25) is 4.79 Å². The molecule has 44 heavy (non-hydrogen) atoms. The number of alkyl halides is 3. The lowest BCUT2D eigenvalue weighted by molar-refractivity contribution is -0.174. The van der Waals surface area contributed by atoms with Crippen LogP contribution in [0.25, 0.3) is 0 Å². The molecule has 0 fully saturated rings. The maximum Gasteiger partial charge on any atom is 0.471 e. The largest absolute Gasteiger partial charge is 0.493 e. The molecule has 2 N–H and O–H groups in total. The average Bonchev–Trinajstić information content (AvgIpc) is 3.18. The minimum Gasteiger partial charge on any atom is -0.493 e. The molecule has 8 nitrogen and oxygen atoms in total. The van der Waals surface area contributed by atoms with Crippen LogP contribution in [0.5, 0.6) is 5.75 Å². The minimum atomic E-state index is -5.05. The van der Waals surface area contributed by atoms with Gasteiger partial charge in [-0.2, -0.15) is 21.6 Å². The lowest BCUT2D eigenvalue weighted by atomic mass is 9.98. The Morgan fingerprint density at radius 1 is 0.932 bits per heavy atom. The average molecular weight is 648 g/mol. The van der Waals surface area contributed by atoms with E-state index in [-0.39, 0.29) is 37.4 Å². The van der Waals surface area contributed by atoms with Crippen molar-refractivity contribution in [3.8, 4) is 5.75 Å². The maximum absolute atomic E-state index is 13.6. The van der Waals surface area contributed by atoms with Crippen molar-refractivity contribution in [3.63, 3.8) is 0 Å². The molecule has 1 unspecified atom stereocenters. The highest BCUT2D eigenvalue weighted by Crippen LogP contribution is 2.38. The van der Waals surface area contributed by atoms with Crippen molar-refractivity contribution in [1.82, 2.24) is 9.62 Å². The van der Waals surface area contributed by atoms with Crippen LogP contribution in [0.3, 0.4) is 0 Å². The summed E-state index contributed by atoms with van der Waals surface area (Å²) in [7, 11) is -5.83. The number of carbonyl (C=O) groups excluding carboxylic acids is 1. The number of anilines is 1. The van der Waals surface area contributed by atoms with Crippen LogP contribution >= 0.6 is 0 Å². The van der Waals surface area contributed by atoms with Crippen LogP contribution in [0.1, 0.15) is 16.7 Å². The molecule has 0 bridgehead atoms. The molecule has 0 radical (unpaired) electrons. The van der Waals surface area contributed by atoms with Gasteiger partial charge in [0.1, 0.15) is 18.0 Å². The van der Waals surface area contributed by atoms with Crippen molar-refractivity contribution >= 4 is 29.9 Å². The Morgan fingerprint density at radius 3 is 2.11 bits per heavy atom. The summed E-state index contributed by atoms with van der Waals surface area (Å²) >= 11 is 0. The number of aliphatic hydroxyl groups excluding tert-OH is 1. The summed E-state index contributed by atoms with van der Waals surface area (Å²) in [6, 6.07) is 22.3. The summed E-state index contributed by atoms with van der Waals surface area (Å²) in [5.41, 5.74) is 2.19. The molecule has 3 aromatic carbocycles. The zero-order valence-electron chi connectivity index (χ0n) is 24.7. The zero-order chi connectivity index (χ0) is 32.1. The Morgan fingerprint density at radius 2 is 1.52 bits per heavy atom. The molecule has 0 saturated carbocycles. The van der Waals surface area contributed by atoms with Crippen molar-refractivity contribution in [2.45, 2.75) is 57.4 Å². The highest BCUT2D eigenvalue weighted by Gasteiger charge is 2.41. The zero-order valence-corrected chi connectivity index (χ0v) is 26.5. The van der Waals surface area contributed by atoms with Gasteiger partial charge < -0.3 is 15.2 Å². The summed E-state index contributed by atoms with van der Waals surface area (Å²) in [4.78, 5) is 11.9. The maximum atomic E-state index is 13.6. The second-order valence-electron chi connectivity index (χ2n) is 11.8. The fraction of sp³-hybridized carbons (Fsp3) is 0.323. The molecular weight excluding hydrogens is 612 g/mol. The predicted octanol–water partition coefficient (Wildman–Crippen LogP) is 6.16. The first-order valence-electron chi connectivity index (χ1n) is 14.1. The van der Waals surface area contributed by atoms with Crippen LogP contribution in [0.4, 0.5) is 18.9 Å². The second kappa shape index (κ2) is 13.3. The van der Waals surface area contributed by atoms with E-state index in [0.717, 1.165) is 25.9 Å². The van der Waals surface area contributed by atoms with E-state index in [1.807, 2.05) is 30.3 Å². The van der Waals surface area contributed by atoms with Gasteiger partial charge in [-0.25, -0.2) is 8.61 Å². The summed E-state index contributed by atoms with van der Waals surface area (Å²) in [6.07, 6.45) is -3.79. The van der Waals surface area contributed by atoms with E-state index >= 15 is 0 Å². The van der Waals surface area contributed by atoms with Gasteiger partial charge in [0, 0.05) is 20.7 Å². The van der Waals surface area contributed by atoms with E-state index in [1.165, 1.54) is 6.07 Å². The van der Waals surface area contributed by atoms with Gasteiger partial charge in [0.25, 0.3) is 0 Å². The third-order valence-corrected chi connectivity index (χ3v) is 10.4. The van der Waals surface area contributed by atoms with Crippen molar-refractivity contribution in [2.24, 2.45) is 0 Å². The number of benzene rings is 3. The van der Waals surface area contributed by atoms with E-state index in [9.17, 15) is 31.5 Å². The smallest absolute Gasteiger partial charge is 0.471 e. The van der Waals surface area contributed by atoms with Crippen molar-refractivity contribution in [2.75, 3.05) is 10.8 Å². The van der Waals surface area contributed by atoms with Crippen LogP contribution in [-0.4, -0.2) is 50.6 Å². The van der Waals surface area contributed by atoms with Gasteiger partial charge in [0.15, 0.2) is 0 Å². The van der Waals surface area contributed by atoms with Gasteiger partial charge in [-0.1, -0.05) is 86.4 Å². The molecule has 0 aliphatic carbocycles. The number of aliphatic hydroxyl groups is 1. The van der Waals surface area contributed by atoms with Crippen LogP contribution in [-0.2, 0) is 34.5 Å². The molecule has 236 valence electrons. The number of halogens is 3. The number of hydrogen-bond acceptors (Lipinski definition) is 5. The van der Waals surface area contributed by atoms with Crippen LogP contribution in [0.2, 0.25) is 25.7 Å². The Hall–Kier alpha value is -3.97. The molecule has 1 amide bonds. The third-order valence-electron chi connectivity index (χ3n) is 6.98. The molecule has 1 aliphatic rings. The molecule has 3 aromatic rings. The first-order chi connectivity index (χ1) is 20.6. The Labute approximate surface area is 257 Å². The quantitative estimate of drug-likeness (QED) is 0.230. The van der Waals surface area contributed by atoms with E-state index < -0.39 is 42.3 Å². The summed E-state index contributed by atoms with van der Waals surface area (Å²) in [5, 5.41) is 12.7. The molecule has 13 heteroatoms. The molecule has 0 spiro atoms. The van der Waals surface area contributed by atoms with Crippen LogP contribution in [0, 0.1) is 0 Å². The van der Waals surface area contributed by atoms with Crippen LogP contribution in [0.15, 0.2) is 90.9 Å². The number of rotatable bonds is 12. The number of nitrogens with zero attached hydrogens (tertiary/aromatic N) is 2. The van der Waals surface area contributed by atoms with Gasteiger partial charge >= 0.3 is 22.3 Å². The SMILES string of the molecule is C[Si](C)(C)CCN1C(O)=CN(c2ccc(CC(Cc3ccccc3)NC(=O)C(F)(F)F)cc2OCc2ccccc2)S1(=O)=O. The third kappa shape index (κ3) is 8.56. The van der Waals surface area contributed by atoms with Gasteiger partial charge in [-0.05, 0) is 47.7 Å². The number of hydrogen-bond donors (Lipinski definition) is 2. The van der Waals surface area contributed by atoms with E-state index in [0.29, 0.717) is 11.6 Å². The molecule has 0 aromatic heterocycles. The molecule has 1 aliphatic heterocycles. The number of ether oxygens (including phenoxy) is 1. The second-order valence-corrected chi connectivity index (χ2v) is 19.2. The van der Waals surface area contributed by atoms with E-state index in [4.69, 9.17) is 4.74 Å². The van der Waals surface area contributed by atoms with Gasteiger partial charge in [0.05, 0.1) is 6.20 Å². The predicted molar refractivity (Wildman–Crippen MR) is 166 cm³/mol. The van der Waals surface area contributed by atoms with Crippen molar-refractivity contribution in [1.29, 1.82) is 0 Å². The summed E-state index contributed by atoms with van der Waals surface area (Å²) < 4.78 is 74.7. The van der Waals surface area contributed by atoms with Gasteiger partial charge in [-0.15, -0.1) is 0 Å². The van der Waals surface area contributed by atoms with Crippen LogP contribution < -0.4 is 14.4 Å². The number of amides is 1. The number of nitrogens with one attached hydrogen (secondary N) is 1. The lowest BCUT2D eigenvalue weighted by Gasteiger charge is -2.26. The molecule has 1 atom stereocenters. The lowest BCUT2D eigenvalue weighted by Crippen LogP contribution is -2.45. The Balaban J connectivity index is 1.67. The molecular formula is C31H36F3N3O5SSi. The highest BCUT2D eigenvalue weighted by molar-refractivity contribution is 7.91. The molecule has 0 saturated heterocycles. The minimum absolute atomic E-state index is 0.00880.